The zero-order chi connectivity index (χ0) is 15.3. The number of fused-ring (bicyclic) bond motifs is 2. The van der Waals surface area contributed by atoms with E-state index < -0.39 is 46.5 Å². The standard InChI is InChI=1S/C16H16O6/c17-11-7-5-9-10(6-8(7)12(18)21-11)16-4-2-1-3-15(9,16)13(19)22-14(16)20/h7-10H,1-6H2. The predicted molar refractivity (Wildman–Crippen MR) is 68.7 cm³/mol. The Morgan fingerprint density at radius 1 is 0.727 bits per heavy atom. The largest absolute Gasteiger partial charge is 0.393 e. The fraction of sp³-hybridized carbons (Fsp3) is 0.750. The van der Waals surface area contributed by atoms with Gasteiger partial charge in [0.1, 0.15) is 0 Å². The van der Waals surface area contributed by atoms with Gasteiger partial charge in [-0.25, -0.2) is 0 Å². The molecular weight excluding hydrogens is 288 g/mol. The SMILES string of the molecule is O=C1OC(=O)C2CC3C(CC12)C12CCCCC31C(=O)OC2=O. The molecule has 0 spiro atoms. The normalized spacial score (nSPS) is 52.0. The third-order valence-electron chi connectivity index (χ3n) is 7.16. The second-order valence-electron chi connectivity index (χ2n) is 7.46. The fourth-order valence-corrected chi connectivity index (χ4v) is 6.39. The van der Waals surface area contributed by atoms with Crippen molar-refractivity contribution in [3.63, 3.8) is 0 Å². The van der Waals surface area contributed by atoms with Crippen LogP contribution in [0, 0.1) is 34.5 Å². The van der Waals surface area contributed by atoms with Crippen molar-refractivity contribution in [2.45, 2.75) is 38.5 Å². The van der Waals surface area contributed by atoms with Crippen molar-refractivity contribution < 1.29 is 28.7 Å². The molecule has 5 aliphatic rings. The van der Waals surface area contributed by atoms with E-state index in [0.717, 1.165) is 12.8 Å². The van der Waals surface area contributed by atoms with Gasteiger partial charge in [0.15, 0.2) is 0 Å². The molecule has 0 aromatic rings. The van der Waals surface area contributed by atoms with Gasteiger partial charge >= 0.3 is 23.9 Å². The van der Waals surface area contributed by atoms with Crippen LogP contribution in [-0.2, 0) is 28.7 Å². The summed E-state index contributed by atoms with van der Waals surface area (Å²) in [6.07, 6.45) is 4.10. The maximum Gasteiger partial charge on any atom is 0.321 e. The van der Waals surface area contributed by atoms with Crippen LogP contribution in [0.1, 0.15) is 38.5 Å². The Morgan fingerprint density at radius 2 is 1.18 bits per heavy atom. The van der Waals surface area contributed by atoms with Crippen LogP contribution in [-0.4, -0.2) is 23.9 Å². The predicted octanol–water partition coefficient (Wildman–Crippen LogP) is 0.972. The summed E-state index contributed by atoms with van der Waals surface area (Å²) in [7, 11) is 0. The summed E-state index contributed by atoms with van der Waals surface area (Å²) in [6.45, 7) is 0. The van der Waals surface area contributed by atoms with Crippen LogP contribution in [0.25, 0.3) is 0 Å². The van der Waals surface area contributed by atoms with E-state index in [0.29, 0.717) is 25.7 Å². The number of esters is 4. The number of hydrogen-bond donors (Lipinski definition) is 0. The molecule has 116 valence electrons. The van der Waals surface area contributed by atoms with Gasteiger partial charge in [-0.2, -0.15) is 0 Å². The van der Waals surface area contributed by atoms with Gasteiger partial charge in [-0.05, 0) is 37.5 Å². The number of rotatable bonds is 0. The Hall–Kier alpha value is -1.72. The van der Waals surface area contributed by atoms with Crippen LogP contribution >= 0.6 is 0 Å². The van der Waals surface area contributed by atoms with Gasteiger partial charge in [-0.3, -0.25) is 19.2 Å². The molecule has 3 saturated carbocycles. The third kappa shape index (κ3) is 1.04. The van der Waals surface area contributed by atoms with Gasteiger partial charge < -0.3 is 9.47 Å². The molecule has 0 amide bonds. The number of hydrogen-bond acceptors (Lipinski definition) is 6. The van der Waals surface area contributed by atoms with Crippen LogP contribution in [0.2, 0.25) is 0 Å². The van der Waals surface area contributed by atoms with Crippen molar-refractivity contribution >= 4 is 23.9 Å². The molecule has 22 heavy (non-hydrogen) atoms. The summed E-state index contributed by atoms with van der Waals surface area (Å²) in [4.78, 5) is 48.7. The molecule has 5 rings (SSSR count). The highest BCUT2D eigenvalue weighted by atomic mass is 16.6. The minimum absolute atomic E-state index is 0.0218. The summed E-state index contributed by atoms with van der Waals surface area (Å²) in [6, 6.07) is 0. The smallest absolute Gasteiger partial charge is 0.321 e. The lowest BCUT2D eigenvalue weighted by molar-refractivity contribution is -0.226. The summed E-state index contributed by atoms with van der Waals surface area (Å²) < 4.78 is 9.84. The van der Waals surface area contributed by atoms with E-state index in [-0.39, 0.29) is 11.8 Å². The number of cyclic esters (lactones) is 4. The van der Waals surface area contributed by atoms with E-state index in [1.165, 1.54) is 0 Å². The third-order valence-corrected chi connectivity index (χ3v) is 7.16. The average Bonchev–Trinajstić information content (AvgIpc) is 2.88. The molecule has 0 bridgehead atoms. The molecule has 3 aliphatic carbocycles. The summed E-state index contributed by atoms with van der Waals surface area (Å²) in [5, 5.41) is 0. The van der Waals surface area contributed by atoms with E-state index in [9.17, 15) is 19.2 Å². The van der Waals surface area contributed by atoms with Gasteiger partial charge in [0.05, 0.1) is 22.7 Å². The first-order valence-electron chi connectivity index (χ1n) is 8.04. The first-order valence-corrected chi connectivity index (χ1v) is 8.04. The Bertz CT molecular complexity index is 599. The molecule has 0 aromatic heterocycles. The lowest BCUT2D eigenvalue weighted by Gasteiger charge is -2.66. The van der Waals surface area contributed by atoms with Gasteiger partial charge in [-0.1, -0.05) is 12.8 Å². The fourth-order valence-electron chi connectivity index (χ4n) is 6.39. The Balaban J connectivity index is 1.61. The van der Waals surface area contributed by atoms with Crippen molar-refractivity contribution in [3.05, 3.63) is 0 Å². The number of carbonyl (C=O) groups is 4. The zero-order valence-electron chi connectivity index (χ0n) is 12.0. The van der Waals surface area contributed by atoms with Gasteiger partial charge in [0.2, 0.25) is 0 Å². The highest BCUT2D eigenvalue weighted by Gasteiger charge is 2.84. The van der Waals surface area contributed by atoms with Crippen LogP contribution < -0.4 is 0 Å². The summed E-state index contributed by atoms with van der Waals surface area (Å²) in [5.41, 5.74) is -1.46. The second kappa shape index (κ2) is 3.60. The van der Waals surface area contributed by atoms with Crippen LogP contribution in [0.5, 0.6) is 0 Å². The van der Waals surface area contributed by atoms with E-state index in [2.05, 4.69) is 0 Å². The monoisotopic (exact) mass is 304 g/mol. The van der Waals surface area contributed by atoms with E-state index in [1.54, 1.807) is 0 Å². The van der Waals surface area contributed by atoms with Crippen molar-refractivity contribution in [2.75, 3.05) is 0 Å². The van der Waals surface area contributed by atoms with Crippen molar-refractivity contribution in [1.29, 1.82) is 0 Å². The molecule has 5 fully saturated rings. The highest BCUT2D eigenvalue weighted by molar-refractivity contribution is 6.05. The molecule has 0 N–H and O–H groups in total. The minimum atomic E-state index is -0.732. The zero-order valence-corrected chi connectivity index (χ0v) is 12.0. The second-order valence-corrected chi connectivity index (χ2v) is 7.46. The highest BCUT2D eigenvalue weighted by Crippen LogP contribution is 2.78. The summed E-state index contributed by atoms with van der Waals surface area (Å²) >= 11 is 0. The molecule has 2 aliphatic heterocycles. The Morgan fingerprint density at radius 3 is 1.64 bits per heavy atom. The lowest BCUT2D eigenvalue weighted by atomic mass is 9.31. The van der Waals surface area contributed by atoms with Crippen LogP contribution in [0.3, 0.4) is 0 Å². The summed E-state index contributed by atoms with van der Waals surface area (Å²) in [5.74, 6) is -2.63. The maximum absolute atomic E-state index is 12.5. The van der Waals surface area contributed by atoms with Crippen molar-refractivity contribution in [3.8, 4) is 0 Å². The molecule has 0 aromatic carbocycles. The Kier molecular flexibility index (Phi) is 2.09. The maximum atomic E-state index is 12.5. The lowest BCUT2D eigenvalue weighted by Crippen LogP contribution is -2.70. The minimum Gasteiger partial charge on any atom is -0.393 e. The molecular formula is C16H16O6. The molecule has 0 radical (unpaired) electrons. The molecule has 6 atom stereocenters. The van der Waals surface area contributed by atoms with Crippen molar-refractivity contribution in [1.82, 2.24) is 0 Å². The van der Waals surface area contributed by atoms with Crippen LogP contribution in [0.4, 0.5) is 0 Å². The molecule has 6 nitrogen and oxygen atoms in total. The van der Waals surface area contributed by atoms with E-state index >= 15 is 0 Å². The molecule has 6 heteroatoms. The van der Waals surface area contributed by atoms with Gasteiger partial charge in [0, 0.05) is 0 Å². The van der Waals surface area contributed by atoms with E-state index in [4.69, 9.17) is 9.47 Å². The first-order chi connectivity index (χ1) is 10.5. The quantitative estimate of drug-likeness (QED) is 0.489. The molecule has 6 unspecified atom stereocenters. The van der Waals surface area contributed by atoms with Crippen molar-refractivity contribution in [2.24, 2.45) is 34.5 Å². The topological polar surface area (TPSA) is 86.7 Å². The molecule has 2 saturated heterocycles. The average molecular weight is 304 g/mol. The Labute approximate surface area is 126 Å². The number of ether oxygens (including phenoxy) is 2. The number of carbonyl (C=O) groups excluding carboxylic acids is 4. The van der Waals surface area contributed by atoms with Crippen LogP contribution in [0.15, 0.2) is 0 Å². The first kappa shape index (κ1) is 12.8. The van der Waals surface area contributed by atoms with Gasteiger partial charge in [-0.15, -0.1) is 0 Å². The van der Waals surface area contributed by atoms with Gasteiger partial charge in [0.25, 0.3) is 0 Å². The van der Waals surface area contributed by atoms with E-state index in [1.807, 2.05) is 0 Å². The molecule has 2 heterocycles.